The lowest BCUT2D eigenvalue weighted by Gasteiger charge is -2.27. The molecule has 0 bridgehead atoms. The standard InChI is InChI=1S/C17H25N3O4S/c1-5-20(14-6-7-25(23,24)11-14)16(22)13-8-12(9-18-10-13)15(21)19-17(2,3)4/h8-10,14H,5-7,11H2,1-4H3,(H,19,21). The summed E-state index contributed by atoms with van der Waals surface area (Å²) in [5, 5.41) is 2.83. The predicted octanol–water partition coefficient (Wildman–Crippen LogP) is 1.26. The normalized spacial score (nSPS) is 19.4. The molecule has 1 aliphatic rings. The zero-order valence-electron chi connectivity index (χ0n) is 15.1. The molecule has 1 aromatic rings. The number of carbonyl (C=O) groups is 2. The fraction of sp³-hybridized carbons (Fsp3) is 0.588. The van der Waals surface area contributed by atoms with Gasteiger partial charge in [0.2, 0.25) is 0 Å². The van der Waals surface area contributed by atoms with Crippen LogP contribution < -0.4 is 5.32 Å². The molecule has 25 heavy (non-hydrogen) atoms. The summed E-state index contributed by atoms with van der Waals surface area (Å²) in [4.78, 5) is 30.6. The third kappa shape index (κ3) is 5.01. The fourth-order valence-corrected chi connectivity index (χ4v) is 4.58. The van der Waals surface area contributed by atoms with Gasteiger partial charge >= 0.3 is 0 Å². The van der Waals surface area contributed by atoms with Crippen LogP contribution in [0.15, 0.2) is 18.5 Å². The SMILES string of the molecule is CCN(C(=O)c1cncc(C(=O)NC(C)(C)C)c1)C1CCS(=O)(=O)C1. The number of hydrogen-bond acceptors (Lipinski definition) is 5. The molecule has 0 aliphatic carbocycles. The van der Waals surface area contributed by atoms with Gasteiger partial charge in [0, 0.05) is 30.5 Å². The minimum Gasteiger partial charge on any atom is -0.347 e. The molecule has 1 aliphatic heterocycles. The van der Waals surface area contributed by atoms with Crippen LogP contribution in [0.4, 0.5) is 0 Å². The van der Waals surface area contributed by atoms with Gasteiger partial charge in [-0.1, -0.05) is 0 Å². The highest BCUT2D eigenvalue weighted by atomic mass is 32.2. The van der Waals surface area contributed by atoms with Gasteiger partial charge in [-0.2, -0.15) is 0 Å². The zero-order valence-corrected chi connectivity index (χ0v) is 15.9. The average Bonchev–Trinajstić information content (AvgIpc) is 2.86. The van der Waals surface area contributed by atoms with Crippen LogP contribution in [0.25, 0.3) is 0 Å². The lowest BCUT2D eigenvalue weighted by atomic mass is 10.1. The molecule has 0 spiro atoms. The first kappa shape index (κ1) is 19.4. The topological polar surface area (TPSA) is 96.4 Å². The first-order chi connectivity index (χ1) is 11.5. The van der Waals surface area contributed by atoms with Gasteiger partial charge in [-0.05, 0) is 40.2 Å². The third-order valence-electron chi connectivity index (χ3n) is 3.99. The smallest absolute Gasteiger partial charge is 0.255 e. The van der Waals surface area contributed by atoms with E-state index in [9.17, 15) is 18.0 Å². The van der Waals surface area contributed by atoms with Crippen molar-refractivity contribution >= 4 is 21.7 Å². The zero-order chi connectivity index (χ0) is 18.8. The maximum atomic E-state index is 12.8. The molecule has 2 heterocycles. The van der Waals surface area contributed by atoms with E-state index in [1.54, 1.807) is 4.90 Å². The first-order valence-corrected chi connectivity index (χ1v) is 10.1. The molecule has 1 aromatic heterocycles. The van der Waals surface area contributed by atoms with Crippen molar-refractivity contribution in [1.29, 1.82) is 0 Å². The summed E-state index contributed by atoms with van der Waals surface area (Å²) in [6.07, 6.45) is 3.26. The number of amides is 2. The molecule has 0 radical (unpaired) electrons. The van der Waals surface area contributed by atoms with Crippen molar-refractivity contribution in [3.8, 4) is 0 Å². The van der Waals surface area contributed by atoms with E-state index in [0.29, 0.717) is 18.5 Å². The van der Waals surface area contributed by atoms with E-state index in [0.717, 1.165) is 0 Å². The monoisotopic (exact) mass is 367 g/mol. The maximum absolute atomic E-state index is 12.8. The molecule has 7 nitrogen and oxygen atoms in total. The maximum Gasteiger partial charge on any atom is 0.255 e. The molecule has 1 unspecified atom stereocenters. The van der Waals surface area contributed by atoms with Crippen LogP contribution in [-0.2, 0) is 9.84 Å². The number of sulfone groups is 1. The van der Waals surface area contributed by atoms with Crippen molar-refractivity contribution < 1.29 is 18.0 Å². The van der Waals surface area contributed by atoms with Crippen LogP contribution in [-0.4, -0.2) is 59.7 Å². The molecule has 8 heteroatoms. The van der Waals surface area contributed by atoms with E-state index in [2.05, 4.69) is 10.3 Å². The number of carbonyl (C=O) groups excluding carboxylic acids is 2. The van der Waals surface area contributed by atoms with Crippen LogP contribution in [0.1, 0.15) is 54.8 Å². The second kappa shape index (κ2) is 7.11. The van der Waals surface area contributed by atoms with Gasteiger partial charge in [0.25, 0.3) is 11.8 Å². The molecule has 1 fully saturated rings. The Hall–Kier alpha value is -1.96. The van der Waals surface area contributed by atoms with Gasteiger partial charge in [-0.15, -0.1) is 0 Å². The van der Waals surface area contributed by atoms with Crippen molar-refractivity contribution in [2.24, 2.45) is 0 Å². The average molecular weight is 367 g/mol. The highest BCUT2D eigenvalue weighted by Crippen LogP contribution is 2.20. The van der Waals surface area contributed by atoms with Crippen LogP contribution in [0.5, 0.6) is 0 Å². The number of pyridine rings is 1. The molecular formula is C17H25N3O4S. The quantitative estimate of drug-likeness (QED) is 0.864. The summed E-state index contributed by atoms with van der Waals surface area (Å²) in [6.45, 7) is 7.82. The van der Waals surface area contributed by atoms with Crippen LogP contribution in [0.3, 0.4) is 0 Å². The lowest BCUT2D eigenvalue weighted by Crippen LogP contribution is -2.42. The highest BCUT2D eigenvalue weighted by Gasteiger charge is 2.34. The Morgan fingerprint density at radius 1 is 1.28 bits per heavy atom. The molecule has 1 atom stereocenters. The lowest BCUT2D eigenvalue weighted by molar-refractivity contribution is 0.0708. The number of nitrogens with zero attached hydrogens (tertiary/aromatic N) is 2. The van der Waals surface area contributed by atoms with Crippen molar-refractivity contribution in [3.63, 3.8) is 0 Å². The van der Waals surface area contributed by atoms with Gasteiger partial charge in [0.15, 0.2) is 9.84 Å². The van der Waals surface area contributed by atoms with E-state index in [4.69, 9.17) is 0 Å². The predicted molar refractivity (Wildman–Crippen MR) is 95.2 cm³/mol. The Morgan fingerprint density at radius 2 is 1.92 bits per heavy atom. The fourth-order valence-electron chi connectivity index (χ4n) is 2.85. The molecule has 2 amide bonds. The number of rotatable bonds is 4. The largest absolute Gasteiger partial charge is 0.347 e. The number of nitrogens with one attached hydrogen (secondary N) is 1. The molecule has 1 N–H and O–H groups in total. The summed E-state index contributed by atoms with van der Waals surface area (Å²) in [6, 6.07) is 1.18. The highest BCUT2D eigenvalue weighted by molar-refractivity contribution is 7.91. The van der Waals surface area contributed by atoms with Gasteiger partial charge in [0.05, 0.1) is 22.6 Å². The minimum atomic E-state index is -3.08. The second-order valence-corrected chi connectivity index (χ2v) is 9.54. The van der Waals surface area contributed by atoms with Crippen molar-refractivity contribution in [2.75, 3.05) is 18.1 Å². The van der Waals surface area contributed by atoms with Gasteiger partial charge in [-0.3, -0.25) is 14.6 Å². The first-order valence-electron chi connectivity index (χ1n) is 8.31. The number of aromatic nitrogens is 1. The molecule has 0 aromatic carbocycles. The van der Waals surface area contributed by atoms with Gasteiger partial charge in [0.1, 0.15) is 0 Å². The summed E-state index contributed by atoms with van der Waals surface area (Å²) < 4.78 is 23.4. The molecule has 138 valence electrons. The van der Waals surface area contributed by atoms with E-state index in [1.165, 1.54) is 18.5 Å². The van der Waals surface area contributed by atoms with Crippen LogP contribution in [0, 0.1) is 0 Å². The Morgan fingerprint density at radius 3 is 2.44 bits per heavy atom. The molecule has 2 rings (SSSR count). The summed E-state index contributed by atoms with van der Waals surface area (Å²) >= 11 is 0. The van der Waals surface area contributed by atoms with Crippen molar-refractivity contribution in [3.05, 3.63) is 29.6 Å². The van der Waals surface area contributed by atoms with E-state index >= 15 is 0 Å². The Balaban J connectivity index is 2.21. The van der Waals surface area contributed by atoms with E-state index < -0.39 is 15.4 Å². The minimum absolute atomic E-state index is 0.00971. The van der Waals surface area contributed by atoms with Crippen LogP contribution >= 0.6 is 0 Å². The Kier molecular flexibility index (Phi) is 5.51. The Labute approximate surface area is 148 Å². The van der Waals surface area contributed by atoms with Crippen molar-refractivity contribution in [2.45, 2.75) is 45.7 Å². The van der Waals surface area contributed by atoms with Crippen molar-refractivity contribution in [1.82, 2.24) is 15.2 Å². The third-order valence-corrected chi connectivity index (χ3v) is 5.74. The van der Waals surface area contributed by atoms with Crippen LogP contribution in [0.2, 0.25) is 0 Å². The number of hydrogen-bond donors (Lipinski definition) is 1. The summed E-state index contributed by atoms with van der Waals surface area (Å²) in [5.74, 6) is -0.513. The van der Waals surface area contributed by atoms with E-state index in [1.807, 2.05) is 27.7 Å². The second-order valence-electron chi connectivity index (χ2n) is 7.31. The summed E-state index contributed by atoms with van der Waals surface area (Å²) in [5.41, 5.74) is 0.189. The molecule has 1 saturated heterocycles. The van der Waals surface area contributed by atoms with Gasteiger partial charge in [-0.25, -0.2) is 8.42 Å². The Bertz CT molecular complexity index is 768. The molecular weight excluding hydrogens is 342 g/mol. The van der Waals surface area contributed by atoms with E-state index in [-0.39, 0.29) is 34.9 Å². The molecule has 0 saturated carbocycles. The summed E-state index contributed by atoms with van der Waals surface area (Å²) in [7, 11) is -3.08. The van der Waals surface area contributed by atoms with Gasteiger partial charge < -0.3 is 10.2 Å².